The van der Waals surface area contributed by atoms with Crippen LogP contribution in [-0.2, 0) is 0 Å². The summed E-state index contributed by atoms with van der Waals surface area (Å²) in [6.07, 6.45) is 13.5. The molecule has 0 aromatic carbocycles. The monoisotopic (exact) mass is 266 g/mol. The Labute approximate surface area is 119 Å². The summed E-state index contributed by atoms with van der Waals surface area (Å²) in [5.74, 6) is 0.829. The minimum absolute atomic E-state index is 0.161. The molecular weight excluding hydrogens is 232 g/mol. The van der Waals surface area contributed by atoms with Crippen LogP contribution in [0.5, 0.6) is 0 Å². The third-order valence-electron chi connectivity index (χ3n) is 5.40. The molecule has 0 aliphatic heterocycles. The zero-order valence-electron chi connectivity index (χ0n) is 13.1. The standard InChI is InChI=1S/C17H34N2/c1-15(2)13-16(7-3-4-8-16)14-19-12-11-17(18)9-5-6-10-17/h15,19H,3-14,18H2,1-2H3. The molecule has 0 bridgehead atoms. The highest BCUT2D eigenvalue weighted by Crippen LogP contribution is 2.42. The van der Waals surface area contributed by atoms with Gasteiger partial charge < -0.3 is 11.1 Å². The Bertz CT molecular complexity index is 260. The maximum atomic E-state index is 6.43. The molecule has 19 heavy (non-hydrogen) atoms. The lowest BCUT2D eigenvalue weighted by molar-refractivity contribution is 0.221. The van der Waals surface area contributed by atoms with E-state index in [0.717, 1.165) is 12.5 Å². The van der Waals surface area contributed by atoms with Crippen LogP contribution in [0.4, 0.5) is 0 Å². The van der Waals surface area contributed by atoms with Gasteiger partial charge in [0.25, 0.3) is 0 Å². The van der Waals surface area contributed by atoms with E-state index in [-0.39, 0.29) is 5.54 Å². The van der Waals surface area contributed by atoms with Crippen molar-refractivity contribution < 1.29 is 0 Å². The molecule has 2 nitrogen and oxygen atoms in total. The van der Waals surface area contributed by atoms with Gasteiger partial charge in [-0.15, -0.1) is 0 Å². The first kappa shape index (κ1) is 15.3. The van der Waals surface area contributed by atoms with E-state index >= 15 is 0 Å². The van der Waals surface area contributed by atoms with E-state index in [9.17, 15) is 0 Å². The van der Waals surface area contributed by atoms with Gasteiger partial charge in [-0.1, -0.05) is 39.5 Å². The van der Waals surface area contributed by atoms with Crippen molar-refractivity contribution in [1.82, 2.24) is 5.32 Å². The van der Waals surface area contributed by atoms with Gasteiger partial charge in [0, 0.05) is 12.1 Å². The van der Waals surface area contributed by atoms with Crippen molar-refractivity contribution in [1.29, 1.82) is 0 Å². The van der Waals surface area contributed by atoms with Crippen LogP contribution in [-0.4, -0.2) is 18.6 Å². The average molecular weight is 266 g/mol. The van der Waals surface area contributed by atoms with Gasteiger partial charge in [0.15, 0.2) is 0 Å². The van der Waals surface area contributed by atoms with Crippen molar-refractivity contribution in [3.63, 3.8) is 0 Å². The molecule has 0 unspecified atom stereocenters. The fraction of sp³-hybridized carbons (Fsp3) is 1.00. The van der Waals surface area contributed by atoms with Gasteiger partial charge in [-0.25, -0.2) is 0 Å². The van der Waals surface area contributed by atoms with E-state index in [2.05, 4.69) is 19.2 Å². The highest BCUT2D eigenvalue weighted by atomic mass is 14.9. The molecule has 0 aromatic heterocycles. The molecule has 0 spiro atoms. The van der Waals surface area contributed by atoms with Crippen LogP contribution >= 0.6 is 0 Å². The minimum atomic E-state index is 0.161. The van der Waals surface area contributed by atoms with Crippen molar-refractivity contribution >= 4 is 0 Å². The largest absolute Gasteiger partial charge is 0.325 e. The van der Waals surface area contributed by atoms with Gasteiger partial charge in [0.05, 0.1) is 0 Å². The van der Waals surface area contributed by atoms with Gasteiger partial charge in [0.2, 0.25) is 0 Å². The Hall–Kier alpha value is -0.0800. The molecule has 0 atom stereocenters. The van der Waals surface area contributed by atoms with Crippen LogP contribution in [0, 0.1) is 11.3 Å². The Kier molecular flexibility index (Phi) is 5.30. The summed E-state index contributed by atoms with van der Waals surface area (Å²) in [7, 11) is 0. The Morgan fingerprint density at radius 1 is 1.00 bits per heavy atom. The van der Waals surface area contributed by atoms with Gasteiger partial charge in [-0.2, -0.15) is 0 Å². The Balaban J connectivity index is 1.70. The molecule has 2 aliphatic carbocycles. The summed E-state index contributed by atoms with van der Waals surface area (Å²) in [6, 6.07) is 0. The molecule has 2 fully saturated rings. The number of hydrogen-bond acceptors (Lipinski definition) is 2. The van der Waals surface area contributed by atoms with Crippen molar-refractivity contribution in [2.75, 3.05) is 13.1 Å². The molecule has 3 N–H and O–H groups in total. The van der Waals surface area contributed by atoms with E-state index in [1.807, 2.05) is 0 Å². The molecule has 0 aromatic rings. The first-order chi connectivity index (χ1) is 9.04. The van der Waals surface area contributed by atoms with Crippen LogP contribution in [0.25, 0.3) is 0 Å². The van der Waals surface area contributed by atoms with Crippen molar-refractivity contribution in [2.24, 2.45) is 17.1 Å². The van der Waals surface area contributed by atoms with Crippen LogP contribution in [0.2, 0.25) is 0 Å². The second-order valence-corrected chi connectivity index (χ2v) is 7.80. The molecule has 0 amide bonds. The van der Waals surface area contributed by atoms with Crippen LogP contribution in [0.1, 0.15) is 78.1 Å². The van der Waals surface area contributed by atoms with E-state index in [1.165, 1.54) is 70.8 Å². The molecule has 2 rings (SSSR count). The summed E-state index contributed by atoms with van der Waals surface area (Å²) < 4.78 is 0. The summed E-state index contributed by atoms with van der Waals surface area (Å²) in [4.78, 5) is 0. The Morgan fingerprint density at radius 2 is 1.58 bits per heavy atom. The number of hydrogen-bond donors (Lipinski definition) is 2. The molecule has 2 saturated carbocycles. The van der Waals surface area contributed by atoms with Crippen molar-refractivity contribution in [2.45, 2.75) is 83.6 Å². The predicted molar refractivity (Wildman–Crippen MR) is 83.2 cm³/mol. The average Bonchev–Trinajstić information content (AvgIpc) is 2.95. The number of nitrogens with one attached hydrogen (secondary N) is 1. The van der Waals surface area contributed by atoms with Crippen LogP contribution in [0.15, 0.2) is 0 Å². The third kappa shape index (κ3) is 4.46. The molecule has 0 saturated heterocycles. The van der Waals surface area contributed by atoms with Crippen LogP contribution in [0.3, 0.4) is 0 Å². The summed E-state index contributed by atoms with van der Waals surface area (Å²) in [5, 5.41) is 3.75. The highest BCUT2D eigenvalue weighted by molar-refractivity contribution is 4.91. The SMILES string of the molecule is CC(C)CC1(CNCCC2(N)CCCC2)CCCC1. The van der Waals surface area contributed by atoms with E-state index in [0.29, 0.717) is 5.41 Å². The predicted octanol–water partition coefficient (Wildman–Crippen LogP) is 3.84. The molecule has 2 heteroatoms. The number of rotatable bonds is 7. The van der Waals surface area contributed by atoms with Crippen LogP contribution < -0.4 is 11.1 Å². The van der Waals surface area contributed by atoms with Gasteiger partial charge in [0.1, 0.15) is 0 Å². The normalized spacial score (nSPS) is 25.3. The van der Waals surface area contributed by atoms with Gasteiger partial charge in [-0.05, 0) is 56.4 Å². The fourth-order valence-electron chi connectivity index (χ4n) is 4.46. The smallest absolute Gasteiger partial charge is 0.0166 e. The highest BCUT2D eigenvalue weighted by Gasteiger charge is 2.34. The van der Waals surface area contributed by atoms with E-state index in [4.69, 9.17) is 5.73 Å². The lowest BCUT2D eigenvalue weighted by Gasteiger charge is -2.32. The lowest BCUT2D eigenvalue weighted by atomic mass is 9.78. The zero-order chi connectivity index (χ0) is 13.8. The molecule has 2 aliphatic rings. The molecule has 0 heterocycles. The summed E-state index contributed by atoms with van der Waals surface area (Å²) >= 11 is 0. The van der Waals surface area contributed by atoms with Crippen molar-refractivity contribution in [3.05, 3.63) is 0 Å². The van der Waals surface area contributed by atoms with E-state index in [1.54, 1.807) is 0 Å². The topological polar surface area (TPSA) is 38.0 Å². The molecule has 0 radical (unpaired) electrons. The summed E-state index contributed by atoms with van der Waals surface area (Å²) in [5.41, 5.74) is 7.19. The zero-order valence-corrected chi connectivity index (χ0v) is 13.1. The Morgan fingerprint density at radius 3 is 2.16 bits per heavy atom. The van der Waals surface area contributed by atoms with Gasteiger partial charge >= 0.3 is 0 Å². The first-order valence-electron chi connectivity index (χ1n) is 8.53. The van der Waals surface area contributed by atoms with Gasteiger partial charge in [-0.3, -0.25) is 0 Å². The van der Waals surface area contributed by atoms with E-state index < -0.39 is 0 Å². The minimum Gasteiger partial charge on any atom is -0.325 e. The summed E-state index contributed by atoms with van der Waals surface area (Å²) in [6.45, 7) is 7.08. The quantitative estimate of drug-likeness (QED) is 0.687. The second kappa shape index (κ2) is 6.58. The number of nitrogens with two attached hydrogens (primary N) is 1. The first-order valence-corrected chi connectivity index (χ1v) is 8.53. The lowest BCUT2D eigenvalue weighted by Crippen LogP contribution is -2.41. The molecular formula is C17H34N2. The fourth-order valence-corrected chi connectivity index (χ4v) is 4.46. The maximum Gasteiger partial charge on any atom is 0.0166 e. The maximum absolute atomic E-state index is 6.43. The third-order valence-corrected chi connectivity index (χ3v) is 5.40. The second-order valence-electron chi connectivity index (χ2n) is 7.80. The van der Waals surface area contributed by atoms with Crippen molar-refractivity contribution in [3.8, 4) is 0 Å². The molecule has 112 valence electrons.